The Morgan fingerprint density at radius 1 is 1.47 bits per heavy atom. The second kappa shape index (κ2) is 4.81. The number of aromatic nitrogens is 2. The minimum Gasteiger partial charge on any atom is -0.508 e. The van der Waals surface area contributed by atoms with Gasteiger partial charge in [-0.2, -0.15) is 8.42 Å². The van der Waals surface area contributed by atoms with Crippen molar-refractivity contribution in [3.63, 3.8) is 0 Å². The fourth-order valence-corrected chi connectivity index (χ4v) is 2.53. The monoisotopic (exact) mass is 282 g/mol. The van der Waals surface area contributed by atoms with Crippen molar-refractivity contribution in [3.05, 3.63) is 30.7 Å². The topological polar surface area (TPSA) is 110 Å². The van der Waals surface area contributed by atoms with E-state index in [2.05, 4.69) is 9.71 Å². The van der Waals surface area contributed by atoms with Crippen LogP contribution in [-0.4, -0.2) is 23.1 Å². The van der Waals surface area contributed by atoms with Gasteiger partial charge in [-0.05, 0) is 19.1 Å². The lowest BCUT2D eigenvalue weighted by Gasteiger charge is -2.08. The number of hydrogen-bond acceptors (Lipinski definition) is 5. The smallest absolute Gasteiger partial charge is 0.281 e. The maximum Gasteiger partial charge on any atom is 0.281 e. The number of nitrogens with one attached hydrogen (secondary N) is 1. The molecule has 0 aliphatic rings. The average molecular weight is 282 g/mol. The predicted molar refractivity (Wildman–Crippen MR) is 71.2 cm³/mol. The van der Waals surface area contributed by atoms with E-state index in [1.807, 2.05) is 6.92 Å². The predicted octanol–water partition coefficient (Wildman–Crippen LogP) is 0.992. The molecule has 0 amide bonds. The van der Waals surface area contributed by atoms with Crippen molar-refractivity contribution in [3.8, 4) is 5.75 Å². The fourth-order valence-electron chi connectivity index (χ4n) is 1.49. The largest absolute Gasteiger partial charge is 0.508 e. The van der Waals surface area contributed by atoms with Gasteiger partial charge in [-0.3, -0.25) is 4.72 Å². The summed E-state index contributed by atoms with van der Waals surface area (Å²) >= 11 is 0. The first-order valence-electron chi connectivity index (χ1n) is 5.55. The van der Waals surface area contributed by atoms with E-state index >= 15 is 0 Å². The standard InChI is InChI=1S/C11H14N4O3S/c1-2-15-6-11(13-7-15)19(17,18)14-10-4-3-8(16)5-9(10)12/h3-7,14,16H,2,12H2,1H3. The first kappa shape index (κ1) is 13.2. The molecule has 1 aromatic carbocycles. The normalized spacial score (nSPS) is 11.4. The Hall–Kier alpha value is -2.22. The van der Waals surface area contributed by atoms with E-state index in [4.69, 9.17) is 5.73 Å². The molecule has 2 aromatic rings. The van der Waals surface area contributed by atoms with Gasteiger partial charge in [0.25, 0.3) is 10.0 Å². The van der Waals surface area contributed by atoms with Gasteiger partial charge in [-0.1, -0.05) is 0 Å². The minimum atomic E-state index is -3.78. The number of nitrogens with two attached hydrogens (primary N) is 1. The summed E-state index contributed by atoms with van der Waals surface area (Å²) in [5.41, 5.74) is 5.96. The van der Waals surface area contributed by atoms with Crippen molar-refractivity contribution in [2.75, 3.05) is 10.5 Å². The Labute approximate surface area is 110 Å². The van der Waals surface area contributed by atoms with Crippen LogP contribution in [0, 0.1) is 0 Å². The van der Waals surface area contributed by atoms with Crippen LogP contribution in [0.25, 0.3) is 0 Å². The zero-order valence-electron chi connectivity index (χ0n) is 10.2. The molecule has 0 bridgehead atoms. The molecule has 0 saturated carbocycles. The number of rotatable bonds is 4. The van der Waals surface area contributed by atoms with Crippen molar-refractivity contribution in [1.82, 2.24) is 9.55 Å². The van der Waals surface area contributed by atoms with Crippen LogP contribution in [0.4, 0.5) is 11.4 Å². The summed E-state index contributed by atoms with van der Waals surface area (Å²) in [7, 11) is -3.78. The molecule has 0 atom stereocenters. The average Bonchev–Trinajstić information content (AvgIpc) is 2.82. The van der Waals surface area contributed by atoms with Crippen LogP contribution < -0.4 is 10.5 Å². The van der Waals surface area contributed by atoms with Gasteiger partial charge < -0.3 is 15.4 Å². The van der Waals surface area contributed by atoms with Crippen LogP contribution in [0.3, 0.4) is 0 Å². The Morgan fingerprint density at radius 2 is 2.21 bits per heavy atom. The van der Waals surface area contributed by atoms with Gasteiger partial charge in [0.15, 0.2) is 5.03 Å². The molecule has 0 aliphatic carbocycles. The van der Waals surface area contributed by atoms with Crippen molar-refractivity contribution in [1.29, 1.82) is 0 Å². The van der Waals surface area contributed by atoms with Crippen LogP contribution >= 0.6 is 0 Å². The number of aryl methyl sites for hydroxylation is 1. The van der Waals surface area contributed by atoms with Crippen LogP contribution in [0.2, 0.25) is 0 Å². The molecule has 1 aromatic heterocycles. The second-order valence-corrected chi connectivity index (χ2v) is 5.55. The fraction of sp³-hybridized carbons (Fsp3) is 0.182. The summed E-state index contributed by atoms with van der Waals surface area (Å²) in [6.07, 6.45) is 2.87. The number of imidazole rings is 1. The molecule has 0 radical (unpaired) electrons. The summed E-state index contributed by atoms with van der Waals surface area (Å²) < 4.78 is 28.1. The molecular weight excluding hydrogens is 268 g/mol. The number of benzene rings is 1. The second-order valence-electron chi connectivity index (χ2n) is 3.92. The molecule has 1 heterocycles. The summed E-state index contributed by atoms with van der Waals surface area (Å²) in [5.74, 6) is -0.0318. The Morgan fingerprint density at radius 3 is 2.79 bits per heavy atom. The van der Waals surface area contributed by atoms with Crippen molar-refractivity contribution in [2.45, 2.75) is 18.5 Å². The highest BCUT2D eigenvalue weighted by atomic mass is 32.2. The highest BCUT2D eigenvalue weighted by Gasteiger charge is 2.18. The van der Waals surface area contributed by atoms with E-state index in [-0.39, 0.29) is 22.2 Å². The van der Waals surface area contributed by atoms with E-state index in [0.29, 0.717) is 6.54 Å². The molecule has 7 nitrogen and oxygen atoms in total. The lowest BCUT2D eigenvalue weighted by atomic mass is 10.2. The Balaban J connectivity index is 2.30. The highest BCUT2D eigenvalue weighted by Crippen LogP contribution is 2.25. The maximum atomic E-state index is 12.1. The van der Waals surface area contributed by atoms with Gasteiger partial charge in [0.2, 0.25) is 0 Å². The van der Waals surface area contributed by atoms with E-state index in [1.54, 1.807) is 4.57 Å². The molecule has 0 aliphatic heterocycles. The third-order valence-corrected chi connectivity index (χ3v) is 3.78. The number of phenolic OH excluding ortho intramolecular Hbond substituents is 1. The van der Waals surface area contributed by atoms with Crippen molar-refractivity contribution in [2.24, 2.45) is 0 Å². The molecule has 0 spiro atoms. The molecule has 4 N–H and O–H groups in total. The minimum absolute atomic E-state index is 0.0318. The molecular formula is C11H14N4O3S. The van der Waals surface area contributed by atoms with Gasteiger partial charge >= 0.3 is 0 Å². The summed E-state index contributed by atoms with van der Waals surface area (Å²) in [4.78, 5) is 3.82. The van der Waals surface area contributed by atoms with E-state index in [0.717, 1.165) is 0 Å². The van der Waals surface area contributed by atoms with Gasteiger partial charge in [0.1, 0.15) is 5.75 Å². The molecule has 102 valence electrons. The Kier molecular flexibility index (Phi) is 3.34. The molecule has 8 heteroatoms. The van der Waals surface area contributed by atoms with Crippen molar-refractivity contribution >= 4 is 21.4 Å². The summed E-state index contributed by atoms with van der Waals surface area (Å²) in [6.45, 7) is 2.51. The maximum absolute atomic E-state index is 12.1. The number of anilines is 2. The van der Waals surface area contributed by atoms with Crippen molar-refractivity contribution < 1.29 is 13.5 Å². The van der Waals surface area contributed by atoms with E-state index < -0.39 is 10.0 Å². The van der Waals surface area contributed by atoms with E-state index in [1.165, 1.54) is 30.7 Å². The number of aromatic hydroxyl groups is 1. The molecule has 0 fully saturated rings. The number of nitrogen functional groups attached to an aromatic ring is 1. The summed E-state index contributed by atoms with van der Waals surface area (Å²) in [6, 6.07) is 4.00. The molecule has 19 heavy (non-hydrogen) atoms. The van der Waals surface area contributed by atoms with E-state index in [9.17, 15) is 13.5 Å². The third-order valence-electron chi connectivity index (χ3n) is 2.53. The summed E-state index contributed by atoms with van der Waals surface area (Å²) in [5, 5.41) is 9.13. The number of hydrogen-bond donors (Lipinski definition) is 3. The number of sulfonamides is 1. The van der Waals surface area contributed by atoms with Crippen LogP contribution in [-0.2, 0) is 16.6 Å². The lowest BCUT2D eigenvalue weighted by molar-refractivity contribution is 0.475. The zero-order valence-corrected chi connectivity index (χ0v) is 11.1. The highest BCUT2D eigenvalue weighted by molar-refractivity contribution is 7.92. The first-order valence-corrected chi connectivity index (χ1v) is 7.04. The zero-order chi connectivity index (χ0) is 14.0. The first-order chi connectivity index (χ1) is 8.92. The van der Waals surface area contributed by atoms with Crippen LogP contribution in [0.1, 0.15) is 6.92 Å². The molecule has 0 unspecified atom stereocenters. The van der Waals surface area contributed by atoms with Gasteiger partial charge in [-0.15, -0.1) is 0 Å². The van der Waals surface area contributed by atoms with Gasteiger partial charge in [-0.25, -0.2) is 4.98 Å². The SMILES string of the molecule is CCn1cnc(S(=O)(=O)Nc2ccc(O)cc2N)c1. The van der Waals surface area contributed by atoms with Gasteiger partial charge in [0.05, 0.1) is 17.7 Å². The Bertz CT molecular complexity index is 694. The molecule has 0 saturated heterocycles. The van der Waals surface area contributed by atoms with Crippen LogP contribution in [0.15, 0.2) is 35.7 Å². The third kappa shape index (κ3) is 2.79. The molecule has 2 rings (SSSR count). The lowest BCUT2D eigenvalue weighted by Crippen LogP contribution is -2.14. The number of nitrogens with zero attached hydrogens (tertiary/aromatic N) is 2. The van der Waals surface area contributed by atoms with Crippen LogP contribution in [0.5, 0.6) is 5.75 Å². The number of phenols is 1. The van der Waals surface area contributed by atoms with Gasteiger partial charge in [0, 0.05) is 18.8 Å². The quantitative estimate of drug-likeness (QED) is 0.572.